The predicted molar refractivity (Wildman–Crippen MR) is 125 cm³/mol. The molecule has 1 saturated heterocycles. The van der Waals surface area contributed by atoms with Crippen LogP contribution in [0.15, 0.2) is 53.4 Å². The van der Waals surface area contributed by atoms with E-state index < -0.39 is 41.0 Å². The molecule has 0 aromatic heterocycles. The summed E-state index contributed by atoms with van der Waals surface area (Å²) in [5, 5.41) is 2.63. The quantitative estimate of drug-likeness (QED) is 0.580. The van der Waals surface area contributed by atoms with Crippen LogP contribution in [0.2, 0.25) is 0 Å². The number of nitrogens with one attached hydrogen (secondary N) is 1. The minimum Gasteiger partial charge on any atom is -0.454 e. The maximum absolute atomic E-state index is 12.5. The monoisotopic (exact) mass is 486 g/mol. The molecular weight excluding hydrogens is 460 g/mol. The SMILES string of the molecule is CCN1CCN(c2ccc(NC(=O)COC(=O)CN3C(=O)c4ccccc4S3(=O)=O)cc2)CC1. The second-order valence-electron chi connectivity index (χ2n) is 7.99. The number of carbonyl (C=O) groups excluding carboxylic acids is 3. The van der Waals surface area contributed by atoms with Crippen LogP contribution in [-0.2, 0) is 24.3 Å². The Morgan fingerprint density at radius 1 is 1.00 bits per heavy atom. The molecule has 0 saturated carbocycles. The van der Waals surface area contributed by atoms with Gasteiger partial charge in [0.05, 0.1) is 5.56 Å². The number of piperazine rings is 1. The Hall–Kier alpha value is -3.44. The molecule has 2 aliphatic heterocycles. The highest BCUT2D eigenvalue weighted by Gasteiger charge is 2.42. The van der Waals surface area contributed by atoms with Crippen molar-refractivity contribution in [1.29, 1.82) is 0 Å². The first-order valence-electron chi connectivity index (χ1n) is 11.0. The number of ether oxygens (including phenoxy) is 1. The standard InChI is InChI=1S/C23H26N4O6S/c1-2-25-11-13-26(14-12-25)18-9-7-17(8-10-18)24-21(28)16-33-22(29)15-27-23(30)19-5-3-4-6-20(19)34(27,31)32/h3-10H,2,11-16H2,1H3,(H,24,28). The Labute approximate surface area is 198 Å². The summed E-state index contributed by atoms with van der Waals surface area (Å²) < 4.78 is 30.3. The van der Waals surface area contributed by atoms with Gasteiger partial charge in [-0.3, -0.25) is 14.4 Å². The Bertz CT molecular complexity index is 1190. The summed E-state index contributed by atoms with van der Waals surface area (Å²) in [4.78, 5) is 41.2. The molecule has 0 atom stereocenters. The van der Waals surface area contributed by atoms with E-state index in [1.807, 2.05) is 12.1 Å². The number of rotatable bonds is 7. The van der Waals surface area contributed by atoms with E-state index in [-0.39, 0.29) is 10.5 Å². The summed E-state index contributed by atoms with van der Waals surface area (Å²) in [5.74, 6) is -2.37. The molecule has 0 aliphatic carbocycles. The lowest BCUT2D eigenvalue weighted by Crippen LogP contribution is -2.46. The summed E-state index contributed by atoms with van der Waals surface area (Å²) in [6.45, 7) is 5.69. The molecule has 1 fully saturated rings. The molecule has 10 nitrogen and oxygen atoms in total. The van der Waals surface area contributed by atoms with E-state index in [0.717, 1.165) is 38.4 Å². The molecule has 34 heavy (non-hydrogen) atoms. The predicted octanol–water partition coefficient (Wildman–Crippen LogP) is 1.15. The van der Waals surface area contributed by atoms with Gasteiger partial charge >= 0.3 is 5.97 Å². The molecule has 4 rings (SSSR count). The summed E-state index contributed by atoms with van der Waals surface area (Å²) in [6, 6.07) is 13.1. The van der Waals surface area contributed by atoms with Gasteiger partial charge in [0.25, 0.3) is 21.8 Å². The molecule has 2 amide bonds. The zero-order chi connectivity index (χ0) is 24.3. The number of amides is 2. The van der Waals surface area contributed by atoms with Crippen molar-refractivity contribution in [3.63, 3.8) is 0 Å². The molecule has 11 heteroatoms. The first-order chi connectivity index (χ1) is 16.3. The second kappa shape index (κ2) is 9.82. The van der Waals surface area contributed by atoms with E-state index in [4.69, 9.17) is 4.74 Å². The Balaban J connectivity index is 1.26. The number of benzene rings is 2. The van der Waals surface area contributed by atoms with Gasteiger partial charge in [0.2, 0.25) is 0 Å². The van der Waals surface area contributed by atoms with Gasteiger partial charge in [-0.15, -0.1) is 0 Å². The first-order valence-corrected chi connectivity index (χ1v) is 12.4. The van der Waals surface area contributed by atoms with Crippen molar-refractivity contribution in [3.05, 3.63) is 54.1 Å². The van der Waals surface area contributed by atoms with E-state index in [9.17, 15) is 22.8 Å². The van der Waals surface area contributed by atoms with Crippen molar-refractivity contribution in [3.8, 4) is 0 Å². The number of sulfonamides is 1. The molecule has 2 heterocycles. The lowest BCUT2D eigenvalue weighted by Gasteiger charge is -2.35. The number of anilines is 2. The fourth-order valence-electron chi connectivity index (χ4n) is 3.97. The van der Waals surface area contributed by atoms with Crippen LogP contribution in [0.1, 0.15) is 17.3 Å². The van der Waals surface area contributed by atoms with E-state index in [2.05, 4.69) is 22.0 Å². The van der Waals surface area contributed by atoms with E-state index in [1.165, 1.54) is 24.3 Å². The van der Waals surface area contributed by atoms with Crippen LogP contribution in [0, 0.1) is 0 Å². The Kier molecular flexibility index (Phi) is 6.85. The van der Waals surface area contributed by atoms with Gasteiger partial charge in [0.1, 0.15) is 11.4 Å². The van der Waals surface area contributed by atoms with Gasteiger partial charge in [-0.05, 0) is 42.9 Å². The molecule has 0 bridgehead atoms. The van der Waals surface area contributed by atoms with Crippen LogP contribution >= 0.6 is 0 Å². The van der Waals surface area contributed by atoms with Crippen LogP contribution in [0.5, 0.6) is 0 Å². The zero-order valence-corrected chi connectivity index (χ0v) is 19.6. The molecule has 0 unspecified atom stereocenters. The lowest BCUT2D eigenvalue weighted by molar-refractivity contribution is -0.147. The third kappa shape index (κ3) is 4.90. The zero-order valence-electron chi connectivity index (χ0n) is 18.8. The molecule has 2 aromatic carbocycles. The first kappa shape index (κ1) is 23.7. The van der Waals surface area contributed by atoms with Crippen molar-refractivity contribution >= 4 is 39.2 Å². The number of carbonyl (C=O) groups is 3. The van der Waals surface area contributed by atoms with Crippen molar-refractivity contribution in [2.24, 2.45) is 0 Å². The minimum absolute atomic E-state index is 0.00346. The fourth-order valence-corrected chi connectivity index (χ4v) is 5.48. The normalized spacial score (nSPS) is 17.4. The molecule has 0 radical (unpaired) electrons. The van der Waals surface area contributed by atoms with Gasteiger partial charge in [0, 0.05) is 37.6 Å². The number of hydrogen-bond donors (Lipinski definition) is 1. The second-order valence-corrected chi connectivity index (χ2v) is 9.82. The number of hydrogen-bond acceptors (Lipinski definition) is 8. The van der Waals surface area contributed by atoms with Gasteiger partial charge < -0.3 is 19.9 Å². The highest BCUT2D eigenvalue weighted by molar-refractivity contribution is 7.90. The third-order valence-corrected chi connectivity index (χ3v) is 7.67. The minimum atomic E-state index is -4.12. The average Bonchev–Trinajstić information content (AvgIpc) is 3.04. The third-order valence-electron chi connectivity index (χ3n) is 5.88. The van der Waals surface area contributed by atoms with Crippen molar-refractivity contribution in [2.75, 3.05) is 56.1 Å². The average molecular weight is 487 g/mol. The highest BCUT2D eigenvalue weighted by Crippen LogP contribution is 2.29. The molecule has 0 spiro atoms. The lowest BCUT2D eigenvalue weighted by atomic mass is 10.2. The van der Waals surface area contributed by atoms with Gasteiger partial charge in [-0.1, -0.05) is 19.1 Å². The Morgan fingerprint density at radius 3 is 2.32 bits per heavy atom. The van der Waals surface area contributed by atoms with Crippen molar-refractivity contribution < 1.29 is 27.5 Å². The van der Waals surface area contributed by atoms with E-state index in [1.54, 1.807) is 12.1 Å². The number of esters is 1. The summed E-state index contributed by atoms with van der Waals surface area (Å²) in [5.41, 5.74) is 1.62. The van der Waals surface area contributed by atoms with Crippen LogP contribution < -0.4 is 10.2 Å². The van der Waals surface area contributed by atoms with Crippen LogP contribution in [0.4, 0.5) is 11.4 Å². The van der Waals surface area contributed by atoms with Crippen molar-refractivity contribution in [1.82, 2.24) is 9.21 Å². The number of likely N-dealkylation sites (N-methyl/N-ethyl adjacent to an activating group) is 1. The van der Waals surface area contributed by atoms with Crippen LogP contribution in [-0.4, -0.2) is 81.3 Å². The molecule has 2 aliphatic rings. The summed E-state index contributed by atoms with van der Waals surface area (Å²) in [7, 11) is -4.12. The van der Waals surface area contributed by atoms with Gasteiger partial charge in [0.15, 0.2) is 6.61 Å². The topological polar surface area (TPSA) is 116 Å². The number of fused-ring (bicyclic) bond motifs is 1. The molecule has 180 valence electrons. The fraction of sp³-hybridized carbons (Fsp3) is 0.348. The number of nitrogens with zero attached hydrogens (tertiary/aromatic N) is 3. The molecule has 2 aromatic rings. The highest BCUT2D eigenvalue weighted by atomic mass is 32.2. The van der Waals surface area contributed by atoms with Gasteiger partial charge in [-0.2, -0.15) is 0 Å². The molecular formula is C23H26N4O6S. The van der Waals surface area contributed by atoms with Crippen LogP contribution in [0.25, 0.3) is 0 Å². The van der Waals surface area contributed by atoms with E-state index in [0.29, 0.717) is 9.99 Å². The largest absolute Gasteiger partial charge is 0.454 e. The summed E-state index contributed by atoms with van der Waals surface area (Å²) in [6.07, 6.45) is 0. The maximum Gasteiger partial charge on any atom is 0.327 e. The Morgan fingerprint density at radius 2 is 1.68 bits per heavy atom. The molecule has 1 N–H and O–H groups in total. The van der Waals surface area contributed by atoms with Crippen molar-refractivity contribution in [2.45, 2.75) is 11.8 Å². The summed E-state index contributed by atoms with van der Waals surface area (Å²) >= 11 is 0. The van der Waals surface area contributed by atoms with Crippen LogP contribution in [0.3, 0.4) is 0 Å². The van der Waals surface area contributed by atoms with E-state index >= 15 is 0 Å². The maximum atomic E-state index is 12.5. The smallest absolute Gasteiger partial charge is 0.327 e. The van der Waals surface area contributed by atoms with Gasteiger partial charge in [-0.25, -0.2) is 12.7 Å².